The molecular weight excluding hydrogens is 310 g/mol. The smallest absolute Gasteiger partial charge is 0.193 e. The molecule has 1 atom stereocenters. The highest BCUT2D eigenvalue weighted by atomic mass is 15.3. The van der Waals surface area contributed by atoms with Crippen molar-refractivity contribution in [3.8, 4) is 0 Å². The predicted octanol–water partition coefficient (Wildman–Crippen LogP) is 2.10. The molecule has 2 saturated heterocycles. The van der Waals surface area contributed by atoms with E-state index in [4.69, 9.17) is 4.99 Å². The molecule has 0 amide bonds. The number of hydrogen-bond donors (Lipinski definition) is 1. The number of rotatable bonds is 5. The summed E-state index contributed by atoms with van der Waals surface area (Å²) >= 11 is 0. The lowest BCUT2D eigenvalue weighted by Gasteiger charge is -2.39. The van der Waals surface area contributed by atoms with Crippen molar-refractivity contribution in [3.05, 3.63) is 0 Å². The summed E-state index contributed by atoms with van der Waals surface area (Å²) in [5.74, 6) is 1.80. The Hall–Kier alpha value is -0.810. The first-order valence-electron chi connectivity index (χ1n) is 10.5. The number of aliphatic imine (C=N–C) groups is 1. The van der Waals surface area contributed by atoms with Gasteiger partial charge in [-0.3, -0.25) is 9.89 Å². The van der Waals surface area contributed by atoms with Crippen LogP contribution < -0.4 is 5.32 Å². The Morgan fingerprint density at radius 3 is 2.32 bits per heavy atom. The first kappa shape index (κ1) is 19.0. The van der Waals surface area contributed by atoms with E-state index in [0.717, 1.165) is 19.0 Å². The average Bonchev–Trinajstić information content (AvgIpc) is 3.01. The summed E-state index contributed by atoms with van der Waals surface area (Å²) in [7, 11) is 2.23. The van der Waals surface area contributed by atoms with Crippen LogP contribution in [-0.4, -0.2) is 86.1 Å². The molecule has 25 heavy (non-hydrogen) atoms. The lowest BCUT2D eigenvalue weighted by molar-refractivity contribution is 0.0923. The molecule has 1 spiro atoms. The number of nitrogens with zero attached hydrogens (tertiary/aromatic N) is 4. The zero-order valence-corrected chi connectivity index (χ0v) is 16.9. The van der Waals surface area contributed by atoms with Crippen molar-refractivity contribution in [3.63, 3.8) is 0 Å². The summed E-state index contributed by atoms with van der Waals surface area (Å²) in [4.78, 5) is 12.7. The van der Waals surface area contributed by atoms with E-state index in [1.807, 2.05) is 0 Å². The summed E-state index contributed by atoms with van der Waals surface area (Å²) in [6.07, 6.45) is 5.65. The van der Waals surface area contributed by atoms with E-state index in [-0.39, 0.29) is 0 Å². The highest BCUT2D eigenvalue weighted by molar-refractivity contribution is 5.80. The second kappa shape index (κ2) is 8.26. The Morgan fingerprint density at radius 2 is 1.80 bits per heavy atom. The summed E-state index contributed by atoms with van der Waals surface area (Å²) in [5.41, 5.74) is 0.630. The maximum Gasteiger partial charge on any atom is 0.193 e. The Balaban J connectivity index is 1.62. The number of likely N-dealkylation sites (tertiary alicyclic amines) is 1. The van der Waals surface area contributed by atoms with Gasteiger partial charge >= 0.3 is 0 Å². The van der Waals surface area contributed by atoms with Crippen LogP contribution in [0.15, 0.2) is 4.99 Å². The van der Waals surface area contributed by atoms with Crippen LogP contribution in [0.3, 0.4) is 0 Å². The Labute approximate surface area is 154 Å². The van der Waals surface area contributed by atoms with E-state index in [9.17, 15) is 0 Å². The molecule has 3 rings (SSSR count). The highest BCUT2D eigenvalue weighted by Gasteiger charge is 2.43. The van der Waals surface area contributed by atoms with E-state index in [1.54, 1.807) is 0 Å². The molecule has 1 saturated carbocycles. The molecule has 0 radical (unpaired) electrons. The fourth-order valence-electron chi connectivity index (χ4n) is 4.71. The van der Waals surface area contributed by atoms with Crippen LogP contribution in [-0.2, 0) is 0 Å². The van der Waals surface area contributed by atoms with Crippen LogP contribution in [0.25, 0.3) is 0 Å². The molecule has 1 unspecified atom stereocenters. The van der Waals surface area contributed by atoms with Gasteiger partial charge in [0.15, 0.2) is 5.96 Å². The van der Waals surface area contributed by atoms with Gasteiger partial charge in [0.25, 0.3) is 0 Å². The maximum atomic E-state index is 5.11. The van der Waals surface area contributed by atoms with Crippen molar-refractivity contribution in [2.24, 2.45) is 16.3 Å². The standard InChI is InChI=1S/C20H39N5/c1-5-21-19(25-10-9-20(16-25)7-6-8-20)22-15-18(17(2)3)24-13-11-23(4)12-14-24/h17-18H,5-16H2,1-4H3,(H,21,22). The van der Waals surface area contributed by atoms with Gasteiger partial charge in [0.05, 0.1) is 6.54 Å². The normalized spacial score (nSPS) is 26.3. The molecule has 2 heterocycles. The average molecular weight is 350 g/mol. The van der Waals surface area contributed by atoms with E-state index in [0.29, 0.717) is 17.4 Å². The van der Waals surface area contributed by atoms with E-state index in [2.05, 4.69) is 47.8 Å². The van der Waals surface area contributed by atoms with Crippen LogP contribution in [0.2, 0.25) is 0 Å². The Bertz CT molecular complexity index is 449. The minimum Gasteiger partial charge on any atom is -0.357 e. The lowest BCUT2D eigenvalue weighted by Crippen LogP contribution is -2.52. The van der Waals surface area contributed by atoms with Crippen LogP contribution >= 0.6 is 0 Å². The molecule has 3 fully saturated rings. The highest BCUT2D eigenvalue weighted by Crippen LogP contribution is 2.47. The number of hydrogen-bond acceptors (Lipinski definition) is 3. The van der Waals surface area contributed by atoms with E-state index < -0.39 is 0 Å². The fraction of sp³-hybridized carbons (Fsp3) is 0.950. The number of guanidine groups is 1. The molecule has 3 aliphatic rings. The van der Waals surface area contributed by atoms with Crippen LogP contribution in [0.4, 0.5) is 0 Å². The molecular formula is C20H39N5. The fourth-order valence-corrected chi connectivity index (χ4v) is 4.71. The van der Waals surface area contributed by atoms with Gasteiger partial charge in [-0.05, 0) is 44.6 Å². The third-order valence-electron chi connectivity index (χ3n) is 6.69. The molecule has 0 aromatic heterocycles. The molecule has 0 bridgehead atoms. The van der Waals surface area contributed by atoms with Crippen molar-refractivity contribution in [1.29, 1.82) is 0 Å². The number of piperazine rings is 1. The second-order valence-corrected chi connectivity index (χ2v) is 8.87. The second-order valence-electron chi connectivity index (χ2n) is 8.87. The molecule has 2 aliphatic heterocycles. The first-order valence-corrected chi connectivity index (χ1v) is 10.5. The summed E-state index contributed by atoms with van der Waals surface area (Å²) < 4.78 is 0. The third kappa shape index (κ3) is 4.48. The predicted molar refractivity (Wildman–Crippen MR) is 106 cm³/mol. The lowest BCUT2D eigenvalue weighted by atomic mass is 9.68. The molecule has 5 heteroatoms. The van der Waals surface area contributed by atoms with Crippen LogP contribution in [0, 0.1) is 11.3 Å². The van der Waals surface area contributed by atoms with Gasteiger partial charge in [-0.15, -0.1) is 0 Å². The van der Waals surface area contributed by atoms with Gasteiger partial charge in [0.1, 0.15) is 0 Å². The maximum absolute atomic E-state index is 5.11. The van der Waals surface area contributed by atoms with E-state index >= 15 is 0 Å². The summed E-state index contributed by atoms with van der Waals surface area (Å²) in [6.45, 7) is 15.9. The molecule has 5 nitrogen and oxygen atoms in total. The molecule has 1 N–H and O–H groups in total. The van der Waals surface area contributed by atoms with Crippen molar-refractivity contribution in [1.82, 2.24) is 20.0 Å². The zero-order chi connectivity index (χ0) is 17.9. The van der Waals surface area contributed by atoms with Crippen LogP contribution in [0.5, 0.6) is 0 Å². The Kier molecular flexibility index (Phi) is 6.26. The van der Waals surface area contributed by atoms with Gasteiger partial charge < -0.3 is 15.1 Å². The molecule has 0 aromatic carbocycles. The molecule has 0 aromatic rings. The van der Waals surface area contributed by atoms with Crippen molar-refractivity contribution >= 4 is 5.96 Å². The summed E-state index contributed by atoms with van der Waals surface area (Å²) in [6, 6.07) is 0.558. The van der Waals surface area contributed by atoms with Gasteiger partial charge in [-0.25, -0.2) is 0 Å². The van der Waals surface area contributed by atoms with Crippen molar-refractivity contribution in [2.45, 2.75) is 52.5 Å². The molecule has 1 aliphatic carbocycles. The monoisotopic (exact) mass is 349 g/mol. The zero-order valence-electron chi connectivity index (χ0n) is 16.9. The van der Waals surface area contributed by atoms with Gasteiger partial charge in [0, 0.05) is 51.9 Å². The first-order chi connectivity index (χ1) is 12.0. The SMILES string of the molecule is CCNC(=NCC(C(C)C)N1CCN(C)CC1)N1CCC2(CCC2)C1. The Morgan fingerprint density at radius 1 is 1.08 bits per heavy atom. The number of likely N-dealkylation sites (N-methyl/N-ethyl adjacent to an activating group) is 1. The third-order valence-corrected chi connectivity index (χ3v) is 6.69. The number of nitrogens with one attached hydrogen (secondary N) is 1. The van der Waals surface area contributed by atoms with Crippen molar-refractivity contribution in [2.75, 3.05) is 59.4 Å². The van der Waals surface area contributed by atoms with Gasteiger partial charge in [0.2, 0.25) is 0 Å². The van der Waals surface area contributed by atoms with Gasteiger partial charge in [-0.2, -0.15) is 0 Å². The largest absolute Gasteiger partial charge is 0.357 e. The summed E-state index contributed by atoms with van der Waals surface area (Å²) in [5, 5.41) is 3.56. The minimum absolute atomic E-state index is 0.558. The van der Waals surface area contributed by atoms with Gasteiger partial charge in [-0.1, -0.05) is 20.3 Å². The van der Waals surface area contributed by atoms with Crippen LogP contribution in [0.1, 0.15) is 46.5 Å². The topological polar surface area (TPSA) is 34.1 Å². The quantitative estimate of drug-likeness (QED) is 0.609. The van der Waals surface area contributed by atoms with E-state index in [1.165, 1.54) is 65.0 Å². The molecule has 144 valence electrons. The van der Waals surface area contributed by atoms with Crippen molar-refractivity contribution < 1.29 is 0 Å². The minimum atomic E-state index is 0.558.